The second-order valence-electron chi connectivity index (χ2n) is 10.4. The van der Waals surface area contributed by atoms with Crippen LogP contribution in [0.15, 0.2) is 34.5 Å². The monoisotopic (exact) mass is 524 g/mol. The molecule has 1 aromatic rings. The molecule has 9 heteroatoms. The Morgan fingerprint density at radius 2 is 1.68 bits per heavy atom. The minimum atomic E-state index is -0.104. The van der Waals surface area contributed by atoms with Crippen molar-refractivity contribution in [2.75, 3.05) is 83.6 Å². The van der Waals surface area contributed by atoms with Crippen LogP contribution in [0.1, 0.15) is 37.3 Å². The van der Waals surface area contributed by atoms with Gasteiger partial charge in [0, 0.05) is 82.5 Å². The first-order chi connectivity index (χ1) is 18.4. The van der Waals surface area contributed by atoms with E-state index in [0.717, 1.165) is 76.5 Å². The van der Waals surface area contributed by atoms with Gasteiger partial charge in [0.1, 0.15) is 12.2 Å². The summed E-state index contributed by atoms with van der Waals surface area (Å²) in [6, 6.07) is 6.39. The van der Waals surface area contributed by atoms with E-state index in [1.54, 1.807) is 0 Å². The molecular formula is C29H44N6O3. The number of carbonyl (C=O) groups excluding carboxylic acids is 2. The third kappa shape index (κ3) is 6.74. The molecule has 0 spiro atoms. The van der Waals surface area contributed by atoms with Gasteiger partial charge in [-0.15, -0.1) is 0 Å². The number of ether oxygens (including phenoxy) is 1. The zero-order chi connectivity index (χ0) is 27.1. The number of amides is 2. The van der Waals surface area contributed by atoms with E-state index >= 15 is 0 Å². The number of hydrogen-bond donors (Lipinski definition) is 1. The highest BCUT2D eigenvalue weighted by atomic mass is 16.5. The summed E-state index contributed by atoms with van der Waals surface area (Å²) in [5.74, 6) is -0.0645. The van der Waals surface area contributed by atoms with Gasteiger partial charge in [-0.3, -0.25) is 19.5 Å². The molecule has 2 heterocycles. The van der Waals surface area contributed by atoms with Gasteiger partial charge in [0.25, 0.3) is 5.91 Å². The standard InChI is InChI=1S/C29H44N6O3/c1-4-38-20-19-32-11-13-35(14-12-32)29(37)28(30)24-8-6-9-25(24)31-21-27(36)34-17-15-33(16-18-34)26-10-5-7-22(2)23(26)3/h5,7,10H,4,6,8-9,11-21,30H2,1-3H3/b28-24-,31-25?. The maximum absolute atomic E-state index is 13.1. The Hall–Kier alpha value is -2.91. The minimum absolute atomic E-state index is 0.0393. The first-order valence-corrected chi connectivity index (χ1v) is 14.1. The Morgan fingerprint density at radius 3 is 2.39 bits per heavy atom. The molecule has 9 nitrogen and oxygen atoms in total. The molecule has 208 valence electrons. The van der Waals surface area contributed by atoms with Crippen molar-refractivity contribution >= 4 is 23.2 Å². The predicted octanol–water partition coefficient (Wildman–Crippen LogP) is 1.97. The molecule has 1 saturated carbocycles. The maximum Gasteiger partial charge on any atom is 0.270 e. The summed E-state index contributed by atoms with van der Waals surface area (Å²) in [6.45, 7) is 14.7. The van der Waals surface area contributed by atoms with Crippen molar-refractivity contribution in [1.82, 2.24) is 14.7 Å². The number of nitrogens with zero attached hydrogens (tertiary/aromatic N) is 5. The highest BCUT2D eigenvalue weighted by molar-refractivity contribution is 6.09. The topological polar surface area (TPSA) is 94.7 Å². The van der Waals surface area contributed by atoms with Crippen molar-refractivity contribution in [3.05, 3.63) is 40.6 Å². The smallest absolute Gasteiger partial charge is 0.270 e. The van der Waals surface area contributed by atoms with Crippen LogP contribution >= 0.6 is 0 Å². The molecule has 0 unspecified atom stereocenters. The zero-order valence-corrected chi connectivity index (χ0v) is 23.4. The summed E-state index contributed by atoms with van der Waals surface area (Å²) in [4.78, 5) is 39.2. The Bertz CT molecular complexity index is 1050. The molecular weight excluding hydrogens is 480 g/mol. The van der Waals surface area contributed by atoms with Crippen LogP contribution in [0.4, 0.5) is 5.69 Å². The largest absolute Gasteiger partial charge is 0.394 e. The number of aryl methyl sites for hydroxylation is 1. The molecule has 3 aliphatic rings. The number of nitrogens with two attached hydrogens (primary N) is 1. The molecule has 38 heavy (non-hydrogen) atoms. The van der Waals surface area contributed by atoms with Crippen LogP contribution < -0.4 is 10.6 Å². The normalized spacial score (nSPS) is 21.3. The lowest BCUT2D eigenvalue weighted by atomic mass is 10.1. The highest BCUT2D eigenvalue weighted by Crippen LogP contribution is 2.26. The Labute approximate surface area is 227 Å². The summed E-state index contributed by atoms with van der Waals surface area (Å²) in [7, 11) is 0. The molecule has 2 N–H and O–H groups in total. The van der Waals surface area contributed by atoms with Crippen LogP contribution in [0.3, 0.4) is 0 Å². The van der Waals surface area contributed by atoms with Crippen molar-refractivity contribution in [3.63, 3.8) is 0 Å². The number of rotatable bonds is 8. The van der Waals surface area contributed by atoms with Gasteiger partial charge in [-0.05, 0) is 57.2 Å². The van der Waals surface area contributed by atoms with Gasteiger partial charge in [0.2, 0.25) is 5.91 Å². The number of carbonyl (C=O) groups is 2. The van der Waals surface area contributed by atoms with Crippen molar-refractivity contribution in [1.29, 1.82) is 0 Å². The van der Waals surface area contributed by atoms with Gasteiger partial charge < -0.3 is 25.2 Å². The number of piperazine rings is 2. The molecule has 3 fully saturated rings. The fourth-order valence-corrected chi connectivity index (χ4v) is 5.54. The van der Waals surface area contributed by atoms with E-state index in [1.165, 1.54) is 16.8 Å². The zero-order valence-electron chi connectivity index (χ0n) is 23.4. The van der Waals surface area contributed by atoms with E-state index in [1.807, 2.05) is 16.7 Å². The fraction of sp³-hybridized carbons (Fsp3) is 0.621. The summed E-state index contributed by atoms with van der Waals surface area (Å²) >= 11 is 0. The Balaban J connectivity index is 1.29. The van der Waals surface area contributed by atoms with Crippen molar-refractivity contribution < 1.29 is 14.3 Å². The van der Waals surface area contributed by atoms with Crippen LogP contribution in [0.5, 0.6) is 0 Å². The van der Waals surface area contributed by atoms with Gasteiger partial charge in [-0.25, -0.2) is 0 Å². The van der Waals surface area contributed by atoms with Crippen LogP contribution in [0.2, 0.25) is 0 Å². The lowest BCUT2D eigenvalue weighted by Gasteiger charge is -2.37. The molecule has 0 radical (unpaired) electrons. The lowest BCUT2D eigenvalue weighted by molar-refractivity contribution is -0.130. The van der Waals surface area contributed by atoms with E-state index in [9.17, 15) is 9.59 Å². The predicted molar refractivity (Wildman–Crippen MR) is 152 cm³/mol. The van der Waals surface area contributed by atoms with Gasteiger partial charge in [-0.2, -0.15) is 0 Å². The molecule has 0 bridgehead atoms. The SMILES string of the molecule is CCOCCN1CCN(C(=O)/C(N)=C2\CCCC2=NCC(=O)N2CCN(c3cccc(C)c3C)CC2)CC1. The van der Waals surface area contributed by atoms with Gasteiger partial charge in [0.15, 0.2) is 0 Å². The van der Waals surface area contributed by atoms with E-state index in [0.29, 0.717) is 31.9 Å². The first-order valence-electron chi connectivity index (χ1n) is 14.1. The molecule has 1 aromatic carbocycles. The summed E-state index contributed by atoms with van der Waals surface area (Å²) in [6.07, 6.45) is 2.42. The summed E-state index contributed by atoms with van der Waals surface area (Å²) < 4.78 is 5.45. The van der Waals surface area contributed by atoms with E-state index in [2.05, 4.69) is 46.8 Å². The fourth-order valence-electron chi connectivity index (χ4n) is 5.54. The van der Waals surface area contributed by atoms with Crippen molar-refractivity contribution in [2.45, 2.75) is 40.0 Å². The van der Waals surface area contributed by atoms with Gasteiger partial charge in [0.05, 0.1) is 6.61 Å². The molecule has 0 atom stereocenters. The molecule has 2 amide bonds. The molecule has 0 aromatic heterocycles. The third-order valence-corrected chi connectivity index (χ3v) is 8.11. The van der Waals surface area contributed by atoms with Gasteiger partial charge >= 0.3 is 0 Å². The maximum atomic E-state index is 13.1. The third-order valence-electron chi connectivity index (χ3n) is 8.11. The highest BCUT2D eigenvalue weighted by Gasteiger charge is 2.28. The number of allylic oxidation sites excluding steroid dienone is 1. The van der Waals surface area contributed by atoms with Crippen LogP contribution in [0, 0.1) is 13.8 Å². The molecule has 2 aliphatic heterocycles. The van der Waals surface area contributed by atoms with Crippen molar-refractivity contribution in [3.8, 4) is 0 Å². The minimum Gasteiger partial charge on any atom is -0.394 e. The van der Waals surface area contributed by atoms with Crippen molar-refractivity contribution in [2.24, 2.45) is 10.7 Å². The van der Waals surface area contributed by atoms with E-state index < -0.39 is 0 Å². The average molecular weight is 525 g/mol. The molecule has 4 rings (SSSR count). The number of hydrogen-bond acceptors (Lipinski definition) is 7. The second-order valence-corrected chi connectivity index (χ2v) is 10.4. The quantitative estimate of drug-likeness (QED) is 0.413. The lowest BCUT2D eigenvalue weighted by Crippen LogP contribution is -2.50. The van der Waals surface area contributed by atoms with E-state index in [4.69, 9.17) is 10.5 Å². The van der Waals surface area contributed by atoms with Crippen LogP contribution in [-0.4, -0.2) is 111 Å². The Morgan fingerprint density at radius 1 is 0.974 bits per heavy atom. The summed E-state index contributed by atoms with van der Waals surface area (Å²) in [5.41, 5.74) is 12.2. The number of anilines is 1. The average Bonchev–Trinajstić information content (AvgIpc) is 3.42. The second kappa shape index (κ2) is 13.2. The number of aliphatic imine (C=N–C) groups is 1. The molecule has 1 aliphatic carbocycles. The summed E-state index contributed by atoms with van der Waals surface area (Å²) in [5, 5.41) is 0. The number of benzene rings is 1. The van der Waals surface area contributed by atoms with E-state index in [-0.39, 0.29) is 18.4 Å². The van der Waals surface area contributed by atoms with Crippen LogP contribution in [-0.2, 0) is 14.3 Å². The Kier molecular flexibility index (Phi) is 9.80. The van der Waals surface area contributed by atoms with Gasteiger partial charge in [-0.1, -0.05) is 12.1 Å². The van der Waals surface area contributed by atoms with Crippen LogP contribution in [0.25, 0.3) is 0 Å². The molecule has 2 saturated heterocycles. The first kappa shape index (κ1) is 28.1.